The van der Waals surface area contributed by atoms with Crippen molar-refractivity contribution in [3.05, 3.63) is 0 Å². The molecule has 0 aromatic heterocycles. The van der Waals surface area contributed by atoms with Crippen molar-refractivity contribution < 1.29 is 9.47 Å². The van der Waals surface area contributed by atoms with Crippen molar-refractivity contribution in [1.82, 2.24) is 10.2 Å². The maximum absolute atomic E-state index is 5.79. The predicted octanol–water partition coefficient (Wildman–Crippen LogP) is 3.37. The van der Waals surface area contributed by atoms with Gasteiger partial charge in [-0.05, 0) is 25.7 Å². The molecular formula is C19H36IN3O2S. The van der Waals surface area contributed by atoms with Gasteiger partial charge in [0.2, 0.25) is 0 Å². The van der Waals surface area contributed by atoms with Crippen LogP contribution in [0, 0.1) is 5.92 Å². The fraction of sp³-hybridized carbons (Fsp3) is 0.947. The molecule has 3 aliphatic rings. The van der Waals surface area contributed by atoms with Crippen LogP contribution in [-0.4, -0.2) is 74.5 Å². The highest BCUT2D eigenvalue weighted by atomic mass is 127. The highest BCUT2D eigenvalue weighted by molar-refractivity contribution is 14.0. The van der Waals surface area contributed by atoms with Gasteiger partial charge in [-0.25, -0.2) is 0 Å². The number of nitrogens with one attached hydrogen (secondary N) is 1. The zero-order chi connectivity index (χ0) is 17.4. The molecular weight excluding hydrogens is 461 g/mol. The molecule has 0 aromatic carbocycles. The first kappa shape index (κ1) is 22.6. The first-order valence-corrected chi connectivity index (χ1v) is 11.0. The van der Waals surface area contributed by atoms with E-state index in [4.69, 9.17) is 9.47 Å². The van der Waals surface area contributed by atoms with Crippen molar-refractivity contribution in [2.45, 2.75) is 49.7 Å². The molecule has 7 heteroatoms. The summed E-state index contributed by atoms with van der Waals surface area (Å²) in [6, 6.07) is 0. The molecule has 2 saturated heterocycles. The first-order valence-electron chi connectivity index (χ1n) is 10.1. The predicted molar refractivity (Wildman–Crippen MR) is 121 cm³/mol. The van der Waals surface area contributed by atoms with Gasteiger partial charge < -0.3 is 19.7 Å². The standard InChI is InChI=1S/C19H35N3O2S.HI/c1-20-18(21-9-5-11-23-14-17-6-12-24-15-17)22-10-13-25-19(16-22)7-3-2-4-8-19;/h17H,2-16H2,1H3,(H,20,21);1H. The number of hydrogen-bond donors (Lipinski definition) is 1. The third kappa shape index (κ3) is 6.71. The molecule has 1 saturated carbocycles. The first-order chi connectivity index (χ1) is 12.3. The van der Waals surface area contributed by atoms with E-state index < -0.39 is 0 Å². The minimum absolute atomic E-state index is 0. The molecule has 152 valence electrons. The second-order valence-corrected chi connectivity index (χ2v) is 9.21. The van der Waals surface area contributed by atoms with E-state index in [0.29, 0.717) is 10.7 Å². The number of rotatable bonds is 6. The summed E-state index contributed by atoms with van der Waals surface area (Å²) in [6.45, 7) is 6.66. The van der Waals surface area contributed by atoms with Gasteiger partial charge in [-0.15, -0.1) is 24.0 Å². The zero-order valence-electron chi connectivity index (χ0n) is 16.2. The van der Waals surface area contributed by atoms with E-state index in [2.05, 4.69) is 27.0 Å². The lowest BCUT2D eigenvalue weighted by molar-refractivity contribution is 0.0887. The van der Waals surface area contributed by atoms with Gasteiger partial charge in [-0.3, -0.25) is 4.99 Å². The molecule has 1 aliphatic carbocycles. The van der Waals surface area contributed by atoms with Gasteiger partial charge in [0.25, 0.3) is 0 Å². The molecule has 5 nitrogen and oxygen atoms in total. The smallest absolute Gasteiger partial charge is 0.193 e. The minimum Gasteiger partial charge on any atom is -0.381 e. The summed E-state index contributed by atoms with van der Waals surface area (Å²) in [5.74, 6) is 2.92. The van der Waals surface area contributed by atoms with Crippen molar-refractivity contribution in [2.24, 2.45) is 10.9 Å². The van der Waals surface area contributed by atoms with E-state index in [9.17, 15) is 0 Å². The van der Waals surface area contributed by atoms with Gasteiger partial charge in [0.1, 0.15) is 0 Å². The minimum atomic E-state index is 0. The Kier molecular flexibility index (Phi) is 10.4. The Balaban J connectivity index is 0.00000243. The van der Waals surface area contributed by atoms with E-state index in [0.717, 1.165) is 64.9 Å². The summed E-state index contributed by atoms with van der Waals surface area (Å²) < 4.78 is 11.7. The van der Waals surface area contributed by atoms with E-state index in [1.807, 2.05) is 7.05 Å². The molecule has 3 fully saturated rings. The van der Waals surface area contributed by atoms with Crippen LogP contribution in [-0.2, 0) is 9.47 Å². The third-order valence-electron chi connectivity index (χ3n) is 5.65. The van der Waals surface area contributed by atoms with E-state index >= 15 is 0 Å². The van der Waals surface area contributed by atoms with Crippen LogP contribution in [0.1, 0.15) is 44.9 Å². The highest BCUT2D eigenvalue weighted by Gasteiger charge is 2.38. The lowest BCUT2D eigenvalue weighted by Gasteiger charge is -2.45. The maximum Gasteiger partial charge on any atom is 0.193 e. The molecule has 0 aromatic rings. The largest absolute Gasteiger partial charge is 0.381 e. The molecule has 0 radical (unpaired) electrons. The molecule has 26 heavy (non-hydrogen) atoms. The lowest BCUT2D eigenvalue weighted by Crippen LogP contribution is -2.53. The molecule has 3 rings (SSSR count). The normalized spacial score (nSPS) is 26.0. The van der Waals surface area contributed by atoms with Crippen molar-refractivity contribution in [1.29, 1.82) is 0 Å². The molecule has 1 atom stereocenters. The third-order valence-corrected chi connectivity index (χ3v) is 7.19. The zero-order valence-corrected chi connectivity index (χ0v) is 19.4. The second-order valence-electron chi connectivity index (χ2n) is 7.65. The van der Waals surface area contributed by atoms with Crippen molar-refractivity contribution >= 4 is 41.7 Å². The van der Waals surface area contributed by atoms with Crippen LogP contribution in [0.15, 0.2) is 4.99 Å². The van der Waals surface area contributed by atoms with E-state index in [-0.39, 0.29) is 24.0 Å². The number of ether oxygens (including phenoxy) is 2. The molecule has 2 heterocycles. The average molecular weight is 497 g/mol. The van der Waals surface area contributed by atoms with Crippen molar-refractivity contribution in [3.8, 4) is 0 Å². The summed E-state index contributed by atoms with van der Waals surface area (Å²) in [4.78, 5) is 7.02. The molecule has 0 amide bonds. The number of hydrogen-bond acceptors (Lipinski definition) is 4. The Morgan fingerprint density at radius 1 is 1.35 bits per heavy atom. The Morgan fingerprint density at radius 3 is 2.92 bits per heavy atom. The fourth-order valence-corrected chi connectivity index (χ4v) is 5.76. The van der Waals surface area contributed by atoms with Crippen LogP contribution >= 0.6 is 35.7 Å². The van der Waals surface area contributed by atoms with Crippen LogP contribution < -0.4 is 5.32 Å². The van der Waals surface area contributed by atoms with E-state index in [1.165, 1.54) is 37.9 Å². The van der Waals surface area contributed by atoms with Crippen LogP contribution in [0.4, 0.5) is 0 Å². The molecule has 1 spiro atoms. The van der Waals surface area contributed by atoms with Gasteiger partial charge in [-0.1, -0.05) is 19.3 Å². The molecule has 1 unspecified atom stereocenters. The van der Waals surface area contributed by atoms with Gasteiger partial charge >= 0.3 is 0 Å². The monoisotopic (exact) mass is 497 g/mol. The van der Waals surface area contributed by atoms with Gasteiger partial charge in [-0.2, -0.15) is 11.8 Å². The van der Waals surface area contributed by atoms with Gasteiger partial charge in [0.15, 0.2) is 5.96 Å². The summed E-state index contributed by atoms with van der Waals surface area (Å²) in [6.07, 6.45) is 9.16. The second kappa shape index (κ2) is 12.0. The SMILES string of the molecule is CN=C(NCCCOCC1CCOC1)N1CCSC2(CCCCC2)C1.I. The molecule has 0 bridgehead atoms. The van der Waals surface area contributed by atoms with Gasteiger partial charge in [0.05, 0.1) is 13.2 Å². The fourth-order valence-electron chi connectivity index (χ4n) is 4.20. The quantitative estimate of drug-likeness (QED) is 0.264. The number of thioether (sulfide) groups is 1. The van der Waals surface area contributed by atoms with Crippen molar-refractivity contribution in [2.75, 3.05) is 58.9 Å². The van der Waals surface area contributed by atoms with Crippen LogP contribution in [0.2, 0.25) is 0 Å². The molecule has 1 N–H and O–H groups in total. The molecule has 2 aliphatic heterocycles. The van der Waals surface area contributed by atoms with Crippen LogP contribution in [0.25, 0.3) is 0 Å². The highest BCUT2D eigenvalue weighted by Crippen LogP contribution is 2.42. The Bertz CT molecular complexity index is 421. The van der Waals surface area contributed by atoms with Crippen LogP contribution in [0.5, 0.6) is 0 Å². The lowest BCUT2D eigenvalue weighted by atomic mass is 9.87. The number of nitrogens with zero attached hydrogens (tertiary/aromatic N) is 2. The Morgan fingerprint density at radius 2 is 2.19 bits per heavy atom. The van der Waals surface area contributed by atoms with Crippen LogP contribution in [0.3, 0.4) is 0 Å². The summed E-state index contributed by atoms with van der Waals surface area (Å²) in [7, 11) is 1.91. The Hall–Kier alpha value is 0.270. The maximum atomic E-state index is 5.79. The average Bonchev–Trinajstić information content (AvgIpc) is 3.15. The number of aliphatic imine (C=N–C) groups is 1. The topological polar surface area (TPSA) is 46.1 Å². The summed E-state index contributed by atoms with van der Waals surface area (Å²) in [5, 5.41) is 3.55. The van der Waals surface area contributed by atoms with Crippen molar-refractivity contribution in [3.63, 3.8) is 0 Å². The van der Waals surface area contributed by atoms with Gasteiger partial charge in [0, 0.05) is 56.3 Å². The van der Waals surface area contributed by atoms with E-state index in [1.54, 1.807) is 0 Å². The summed E-state index contributed by atoms with van der Waals surface area (Å²) >= 11 is 2.21. The number of halogens is 1. The summed E-state index contributed by atoms with van der Waals surface area (Å²) in [5.41, 5.74) is 0. The Labute approximate surface area is 180 Å². The number of guanidine groups is 1.